The summed E-state index contributed by atoms with van der Waals surface area (Å²) in [5.74, 6) is 1.41. The minimum absolute atomic E-state index is 0.00725. The molecule has 180 valence electrons. The van der Waals surface area contributed by atoms with Gasteiger partial charge in [0.1, 0.15) is 6.23 Å². The minimum atomic E-state index is -0.598. The summed E-state index contributed by atoms with van der Waals surface area (Å²) >= 11 is 0. The molecule has 0 saturated heterocycles. The van der Waals surface area contributed by atoms with E-state index in [0.717, 1.165) is 52.0 Å². The van der Waals surface area contributed by atoms with Crippen LogP contribution in [0.3, 0.4) is 0 Å². The third kappa shape index (κ3) is 3.93. The Labute approximate surface area is 200 Å². The first-order valence-electron chi connectivity index (χ1n) is 11.8. The number of rotatable bonds is 6. The number of nitrogens with zero attached hydrogens (tertiary/aromatic N) is 1. The molecule has 1 unspecified atom stereocenters. The summed E-state index contributed by atoms with van der Waals surface area (Å²) in [7, 11) is 3.74. The monoisotopic (exact) mass is 463 g/mol. The van der Waals surface area contributed by atoms with Gasteiger partial charge in [-0.3, -0.25) is 9.69 Å². The van der Waals surface area contributed by atoms with Crippen molar-refractivity contribution in [3.05, 3.63) is 53.2 Å². The van der Waals surface area contributed by atoms with Crippen molar-refractivity contribution < 1.29 is 19.4 Å². The number of carbonyl (C=O) groups excluding carboxylic acids is 1. The normalized spacial score (nSPS) is 17.3. The fraction of sp³-hybridized carbons (Fsp3) is 0.444. The smallest absolute Gasteiger partial charge is 0.235 e. The lowest BCUT2D eigenvalue weighted by Gasteiger charge is -2.23. The van der Waals surface area contributed by atoms with Gasteiger partial charge in [-0.25, -0.2) is 0 Å². The summed E-state index contributed by atoms with van der Waals surface area (Å²) in [5, 5.41) is 14.8. The number of aliphatic hydroxyl groups excluding tert-OH is 1. The van der Waals surface area contributed by atoms with Gasteiger partial charge in [-0.05, 0) is 68.4 Å². The standard InChI is InChI=1S/C27H33N3O4/c1-26(2,3)24-19(14-23(31)30(4)5)18-13-17(7-8-20(18)29-24)28-25(32)27(10-11-27)16-6-9-21-22(12-16)34-15-33-21/h6-9,12-13,23,29,31H,10-11,14-15H2,1-5H3,(H,28,32). The summed E-state index contributed by atoms with van der Waals surface area (Å²) in [6, 6.07) is 11.7. The van der Waals surface area contributed by atoms with E-state index in [4.69, 9.17) is 9.47 Å². The van der Waals surface area contributed by atoms with E-state index in [1.807, 2.05) is 50.5 Å². The molecule has 0 spiro atoms. The number of aromatic amines is 1. The van der Waals surface area contributed by atoms with Crippen LogP contribution in [0.5, 0.6) is 11.5 Å². The molecule has 1 saturated carbocycles. The predicted molar refractivity (Wildman–Crippen MR) is 133 cm³/mol. The quantitative estimate of drug-likeness (QED) is 0.475. The zero-order valence-electron chi connectivity index (χ0n) is 20.5. The largest absolute Gasteiger partial charge is 0.454 e. The van der Waals surface area contributed by atoms with Crippen molar-refractivity contribution in [2.75, 3.05) is 26.2 Å². The molecule has 34 heavy (non-hydrogen) atoms. The van der Waals surface area contributed by atoms with Crippen LogP contribution in [0.4, 0.5) is 5.69 Å². The summed E-state index contributed by atoms with van der Waals surface area (Å²) in [5.41, 5.74) is 4.25. The van der Waals surface area contributed by atoms with Crippen molar-refractivity contribution in [2.24, 2.45) is 0 Å². The number of amides is 1. The van der Waals surface area contributed by atoms with Crippen LogP contribution < -0.4 is 14.8 Å². The van der Waals surface area contributed by atoms with Gasteiger partial charge in [0.25, 0.3) is 0 Å². The molecule has 7 nitrogen and oxygen atoms in total. The molecular weight excluding hydrogens is 430 g/mol. The highest BCUT2D eigenvalue weighted by Crippen LogP contribution is 2.51. The van der Waals surface area contributed by atoms with Crippen LogP contribution in [0.1, 0.15) is 50.4 Å². The number of aromatic nitrogens is 1. The van der Waals surface area contributed by atoms with Gasteiger partial charge in [-0.2, -0.15) is 0 Å². The van der Waals surface area contributed by atoms with Crippen molar-refractivity contribution in [1.29, 1.82) is 0 Å². The number of anilines is 1. The fourth-order valence-corrected chi connectivity index (χ4v) is 4.76. The molecule has 3 aromatic rings. The Morgan fingerprint density at radius 2 is 1.88 bits per heavy atom. The maximum atomic E-state index is 13.4. The molecule has 1 fully saturated rings. The molecule has 2 aliphatic rings. The summed E-state index contributed by atoms with van der Waals surface area (Å²) < 4.78 is 10.9. The van der Waals surface area contributed by atoms with Crippen LogP contribution in [-0.2, 0) is 22.0 Å². The minimum Gasteiger partial charge on any atom is -0.454 e. The third-order valence-corrected chi connectivity index (χ3v) is 7.01. The number of H-pyrrole nitrogens is 1. The number of hydrogen-bond acceptors (Lipinski definition) is 5. The highest BCUT2D eigenvalue weighted by molar-refractivity contribution is 6.03. The van der Waals surface area contributed by atoms with Crippen LogP contribution in [0.2, 0.25) is 0 Å². The molecule has 1 aliphatic heterocycles. The van der Waals surface area contributed by atoms with E-state index >= 15 is 0 Å². The van der Waals surface area contributed by atoms with Gasteiger partial charge in [0.15, 0.2) is 11.5 Å². The van der Waals surface area contributed by atoms with E-state index in [2.05, 4.69) is 31.1 Å². The van der Waals surface area contributed by atoms with E-state index in [9.17, 15) is 9.90 Å². The van der Waals surface area contributed by atoms with Crippen molar-refractivity contribution >= 4 is 22.5 Å². The number of nitrogens with one attached hydrogen (secondary N) is 2. The van der Waals surface area contributed by atoms with Gasteiger partial charge in [-0.15, -0.1) is 0 Å². The van der Waals surface area contributed by atoms with E-state index in [1.54, 1.807) is 4.90 Å². The Morgan fingerprint density at radius 3 is 2.56 bits per heavy atom. The highest BCUT2D eigenvalue weighted by Gasteiger charge is 2.51. The molecule has 2 heterocycles. The summed E-state index contributed by atoms with van der Waals surface area (Å²) in [6.07, 6.45) is 1.51. The Hall–Kier alpha value is -3.03. The van der Waals surface area contributed by atoms with E-state index < -0.39 is 11.6 Å². The second kappa shape index (κ2) is 8.03. The molecule has 1 amide bonds. The van der Waals surface area contributed by atoms with Gasteiger partial charge in [0.05, 0.1) is 5.41 Å². The topological polar surface area (TPSA) is 86.8 Å². The lowest BCUT2D eigenvalue weighted by atomic mass is 9.87. The van der Waals surface area contributed by atoms with Crippen LogP contribution in [0.25, 0.3) is 10.9 Å². The summed E-state index contributed by atoms with van der Waals surface area (Å²) in [6.45, 7) is 6.70. The second-order valence-electron chi connectivity index (χ2n) is 10.7. The van der Waals surface area contributed by atoms with Gasteiger partial charge < -0.3 is 24.9 Å². The number of benzene rings is 2. The lowest BCUT2D eigenvalue weighted by molar-refractivity contribution is -0.118. The first-order valence-corrected chi connectivity index (χ1v) is 11.8. The van der Waals surface area contributed by atoms with Crippen LogP contribution >= 0.6 is 0 Å². The molecule has 0 radical (unpaired) electrons. The molecule has 1 aliphatic carbocycles. The van der Waals surface area contributed by atoms with Crippen molar-refractivity contribution in [3.63, 3.8) is 0 Å². The van der Waals surface area contributed by atoms with Gasteiger partial charge >= 0.3 is 0 Å². The zero-order chi connectivity index (χ0) is 24.3. The van der Waals surface area contributed by atoms with Crippen LogP contribution in [0.15, 0.2) is 36.4 Å². The van der Waals surface area contributed by atoms with Crippen molar-refractivity contribution in [2.45, 2.75) is 57.1 Å². The molecule has 0 bridgehead atoms. The van der Waals surface area contributed by atoms with Crippen molar-refractivity contribution in [3.8, 4) is 11.5 Å². The van der Waals surface area contributed by atoms with Crippen LogP contribution in [0, 0.1) is 0 Å². The molecule has 1 aromatic heterocycles. The molecule has 7 heteroatoms. The SMILES string of the molecule is CN(C)C(O)Cc1c(C(C)(C)C)[nH]c2ccc(NC(=O)C3(c4ccc5c(c4)OCO5)CC3)cc12. The predicted octanol–water partition coefficient (Wildman–Crippen LogP) is 4.29. The number of fused-ring (bicyclic) bond motifs is 2. The first-order chi connectivity index (χ1) is 16.1. The number of ether oxygens (including phenoxy) is 2. The Kier molecular flexibility index (Phi) is 5.37. The molecule has 1 atom stereocenters. The molecule has 2 aromatic carbocycles. The maximum Gasteiger partial charge on any atom is 0.235 e. The van der Waals surface area contributed by atoms with Crippen LogP contribution in [-0.4, -0.2) is 48.0 Å². The Balaban J connectivity index is 1.45. The van der Waals surface area contributed by atoms with Gasteiger partial charge in [-0.1, -0.05) is 26.8 Å². The average Bonchev–Trinajstić information content (AvgIpc) is 3.32. The maximum absolute atomic E-state index is 13.4. The first kappa shape index (κ1) is 22.7. The number of aliphatic hydroxyl groups is 1. The number of hydrogen-bond donors (Lipinski definition) is 3. The molecular formula is C27H33N3O4. The van der Waals surface area contributed by atoms with Gasteiger partial charge in [0, 0.05) is 34.1 Å². The Morgan fingerprint density at radius 1 is 1.15 bits per heavy atom. The molecule has 5 rings (SSSR count). The van der Waals surface area contributed by atoms with Gasteiger partial charge in [0.2, 0.25) is 12.7 Å². The second-order valence-corrected chi connectivity index (χ2v) is 10.7. The highest BCUT2D eigenvalue weighted by atomic mass is 16.7. The zero-order valence-corrected chi connectivity index (χ0v) is 20.5. The number of carbonyl (C=O) groups is 1. The third-order valence-electron chi connectivity index (χ3n) is 7.01. The lowest BCUT2D eigenvalue weighted by Crippen LogP contribution is -2.30. The van der Waals surface area contributed by atoms with E-state index in [1.165, 1.54) is 0 Å². The van der Waals surface area contributed by atoms with Crippen molar-refractivity contribution in [1.82, 2.24) is 9.88 Å². The fourth-order valence-electron chi connectivity index (χ4n) is 4.76. The Bertz CT molecular complexity index is 1250. The number of likely N-dealkylation sites (N-methyl/N-ethyl adjacent to an activating group) is 1. The summed E-state index contributed by atoms with van der Waals surface area (Å²) in [4.78, 5) is 18.8. The van der Waals surface area contributed by atoms with E-state index in [-0.39, 0.29) is 18.1 Å². The van der Waals surface area contributed by atoms with E-state index in [0.29, 0.717) is 12.2 Å². The average molecular weight is 464 g/mol. The molecule has 3 N–H and O–H groups in total.